The van der Waals surface area contributed by atoms with E-state index in [0.717, 1.165) is 68.5 Å². The van der Waals surface area contributed by atoms with E-state index in [4.69, 9.17) is 18.8 Å². The molecule has 3 rings (SSSR count). The maximum atomic E-state index is 12.2. The molecule has 0 fully saturated rings. The molecule has 0 aliphatic rings. The van der Waals surface area contributed by atoms with Gasteiger partial charge in [0, 0.05) is 19.0 Å². The van der Waals surface area contributed by atoms with Crippen LogP contribution in [0.5, 0.6) is 5.75 Å². The fourth-order valence-electron chi connectivity index (χ4n) is 4.18. The first-order valence-corrected chi connectivity index (χ1v) is 13.1. The Morgan fingerprint density at radius 2 is 1.86 bits per heavy atom. The number of aromatic nitrogens is 1. The maximum absolute atomic E-state index is 12.2. The van der Waals surface area contributed by atoms with Crippen molar-refractivity contribution in [3.63, 3.8) is 0 Å². The maximum Gasteiger partial charge on any atom is 0.419 e. The Hall–Kier alpha value is -2.40. The van der Waals surface area contributed by atoms with Crippen molar-refractivity contribution in [2.75, 3.05) is 21.3 Å². The fourth-order valence-corrected chi connectivity index (χ4v) is 5.13. The average molecular weight is 625 g/mol. The van der Waals surface area contributed by atoms with Crippen LogP contribution in [0.3, 0.4) is 0 Å². The fraction of sp³-hybridized carbons (Fsp3) is 0.385. The van der Waals surface area contributed by atoms with Crippen LogP contribution >= 0.6 is 31.9 Å². The van der Waals surface area contributed by atoms with Gasteiger partial charge in [-0.05, 0) is 94.7 Å². The van der Waals surface area contributed by atoms with E-state index in [0.29, 0.717) is 5.58 Å². The molecule has 194 valence electrons. The van der Waals surface area contributed by atoms with E-state index in [1.54, 1.807) is 21.3 Å². The van der Waals surface area contributed by atoms with Crippen molar-refractivity contribution in [1.29, 1.82) is 0 Å². The first kappa shape index (κ1) is 28.2. The van der Waals surface area contributed by atoms with E-state index in [1.165, 1.54) is 11.7 Å². The highest BCUT2D eigenvalue weighted by atomic mass is 79.9. The SMILES string of the molecule is CO/N=C(\Br)CCC/C=C(\c1cc(C)c(OC)c(C(Br)NOC)c1)c1cc(C)c2oc(=O)n(C)c2c1. The lowest BCUT2D eigenvalue weighted by atomic mass is 9.92. The number of benzene rings is 2. The van der Waals surface area contributed by atoms with Crippen LogP contribution in [0.1, 0.15) is 52.0 Å². The second kappa shape index (κ2) is 12.7. The summed E-state index contributed by atoms with van der Waals surface area (Å²) in [4.78, 5) is 21.9. The van der Waals surface area contributed by atoms with Crippen molar-refractivity contribution < 1.29 is 18.8 Å². The van der Waals surface area contributed by atoms with Crippen LogP contribution in [0.15, 0.2) is 44.7 Å². The third kappa shape index (κ3) is 6.29. The van der Waals surface area contributed by atoms with Crippen LogP contribution in [0.25, 0.3) is 16.7 Å². The number of alkyl halides is 1. The third-order valence-electron chi connectivity index (χ3n) is 5.83. The van der Waals surface area contributed by atoms with E-state index in [2.05, 4.69) is 66.8 Å². The number of fused-ring (bicyclic) bond motifs is 1. The van der Waals surface area contributed by atoms with E-state index >= 15 is 0 Å². The summed E-state index contributed by atoms with van der Waals surface area (Å²) in [5.41, 5.74) is 10.1. The standard InChI is InChI=1S/C26H31Br2N3O5/c1-15-11-17(13-20(23(15)33-4)25(28)30-35-6)19(9-7-8-10-22(27)29-34-5)18-12-16(2)24-21(14-18)31(3)26(32)36-24/h9,11-14,25,30H,7-8,10H2,1-6H3/b19-9+,29-22-. The van der Waals surface area contributed by atoms with Gasteiger partial charge in [0.1, 0.15) is 22.4 Å². The molecule has 1 heterocycles. The highest BCUT2D eigenvalue weighted by molar-refractivity contribution is 9.18. The number of hydroxylamine groups is 1. The number of halogens is 2. The molecule has 0 bridgehead atoms. The highest BCUT2D eigenvalue weighted by Gasteiger charge is 2.19. The number of nitrogens with one attached hydrogen (secondary N) is 1. The topological polar surface area (TPSA) is 87.2 Å². The molecule has 0 amide bonds. The predicted molar refractivity (Wildman–Crippen MR) is 150 cm³/mol. The molecule has 0 radical (unpaired) electrons. The van der Waals surface area contributed by atoms with Crippen LogP contribution in [0, 0.1) is 13.8 Å². The summed E-state index contributed by atoms with van der Waals surface area (Å²) in [6.45, 7) is 3.97. The van der Waals surface area contributed by atoms with E-state index in [1.807, 2.05) is 19.9 Å². The number of oxazole rings is 1. The molecule has 0 aliphatic carbocycles. The van der Waals surface area contributed by atoms with Gasteiger partial charge < -0.3 is 18.8 Å². The molecule has 0 saturated heterocycles. The Morgan fingerprint density at radius 3 is 2.53 bits per heavy atom. The van der Waals surface area contributed by atoms with Crippen LogP contribution in [-0.2, 0) is 16.7 Å². The predicted octanol–water partition coefficient (Wildman–Crippen LogP) is 6.26. The van der Waals surface area contributed by atoms with Gasteiger partial charge >= 0.3 is 5.76 Å². The summed E-state index contributed by atoms with van der Waals surface area (Å²) < 4.78 is 13.5. The van der Waals surface area contributed by atoms with E-state index < -0.39 is 0 Å². The van der Waals surface area contributed by atoms with Gasteiger partial charge in [-0.3, -0.25) is 4.57 Å². The van der Waals surface area contributed by atoms with Gasteiger partial charge in [0.15, 0.2) is 5.58 Å². The molecule has 1 N–H and O–H groups in total. The number of allylic oxidation sites excluding steroid dienone is 1. The first-order chi connectivity index (χ1) is 17.2. The normalized spacial score (nSPS) is 13.3. The van der Waals surface area contributed by atoms with Crippen molar-refractivity contribution in [3.8, 4) is 5.75 Å². The zero-order valence-electron chi connectivity index (χ0n) is 21.3. The van der Waals surface area contributed by atoms with E-state index in [9.17, 15) is 4.79 Å². The summed E-state index contributed by atoms with van der Waals surface area (Å²) in [5.74, 6) is 0.390. The molecule has 8 nitrogen and oxygen atoms in total. The third-order valence-corrected chi connectivity index (χ3v) is 7.05. The quantitative estimate of drug-likeness (QED) is 0.0891. The lowest BCUT2D eigenvalue weighted by molar-refractivity contribution is 0.0850. The molecule has 36 heavy (non-hydrogen) atoms. The number of methoxy groups -OCH3 is 1. The Bertz CT molecular complexity index is 1340. The van der Waals surface area contributed by atoms with Gasteiger partial charge in [-0.25, -0.2) is 4.79 Å². The minimum absolute atomic E-state index is 0.280. The second-order valence-corrected chi connectivity index (χ2v) is 10.2. The number of oxime groups is 1. The molecular formula is C26H31Br2N3O5. The van der Waals surface area contributed by atoms with Crippen molar-refractivity contribution in [3.05, 3.63) is 68.7 Å². The first-order valence-electron chi connectivity index (χ1n) is 11.4. The number of hydrogen-bond acceptors (Lipinski definition) is 7. The minimum atomic E-state index is -0.381. The van der Waals surface area contributed by atoms with Crippen molar-refractivity contribution in [2.24, 2.45) is 12.2 Å². The zero-order chi connectivity index (χ0) is 26.4. The second-order valence-electron chi connectivity index (χ2n) is 8.33. The Kier molecular flexibility index (Phi) is 9.95. The molecular weight excluding hydrogens is 594 g/mol. The summed E-state index contributed by atoms with van der Waals surface area (Å²) >= 11 is 7.08. The molecule has 0 saturated carbocycles. The zero-order valence-corrected chi connectivity index (χ0v) is 24.4. The van der Waals surface area contributed by atoms with Gasteiger partial charge in [0.25, 0.3) is 0 Å². The molecule has 0 spiro atoms. The van der Waals surface area contributed by atoms with Gasteiger partial charge in [-0.15, -0.1) is 0 Å². The smallest absolute Gasteiger partial charge is 0.419 e. The number of nitrogens with zero attached hydrogens (tertiary/aromatic N) is 2. The number of hydrogen-bond donors (Lipinski definition) is 1. The molecule has 0 aliphatic heterocycles. The summed E-state index contributed by atoms with van der Waals surface area (Å²) in [6, 6.07) is 8.24. The largest absolute Gasteiger partial charge is 0.496 e. The molecule has 1 atom stereocenters. The monoisotopic (exact) mass is 623 g/mol. The Balaban J connectivity index is 2.16. The van der Waals surface area contributed by atoms with Gasteiger partial charge in [-0.1, -0.05) is 27.2 Å². The van der Waals surface area contributed by atoms with Crippen molar-refractivity contribution in [1.82, 2.24) is 10.0 Å². The Morgan fingerprint density at radius 1 is 1.17 bits per heavy atom. The van der Waals surface area contributed by atoms with Gasteiger partial charge in [0.05, 0.1) is 19.7 Å². The lowest BCUT2D eigenvalue weighted by Gasteiger charge is -2.20. The molecule has 10 heteroatoms. The summed E-state index contributed by atoms with van der Waals surface area (Å²) in [6.07, 6.45) is 4.64. The van der Waals surface area contributed by atoms with E-state index in [-0.39, 0.29) is 10.7 Å². The molecule has 2 aromatic carbocycles. The molecule has 3 aromatic rings. The number of unbranched alkanes of at least 4 members (excludes halogenated alkanes) is 1. The summed E-state index contributed by atoms with van der Waals surface area (Å²) in [5, 5.41) is 3.93. The molecule has 1 aromatic heterocycles. The van der Waals surface area contributed by atoms with Gasteiger partial charge in [-0.2, -0.15) is 5.48 Å². The lowest BCUT2D eigenvalue weighted by Crippen LogP contribution is -2.16. The highest BCUT2D eigenvalue weighted by Crippen LogP contribution is 2.37. The summed E-state index contributed by atoms with van der Waals surface area (Å²) in [7, 11) is 6.47. The van der Waals surface area contributed by atoms with Gasteiger partial charge in [0.2, 0.25) is 0 Å². The van der Waals surface area contributed by atoms with Crippen molar-refractivity contribution in [2.45, 2.75) is 38.1 Å². The number of aryl methyl sites for hydroxylation is 3. The average Bonchev–Trinajstić information content (AvgIpc) is 3.13. The number of rotatable bonds is 11. The molecule has 1 unspecified atom stereocenters. The van der Waals surface area contributed by atoms with Crippen LogP contribution in [0.2, 0.25) is 0 Å². The number of ether oxygens (including phenoxy) is 1. The van der Waals surface area contributed by atoms with Crippen LogP contribution in [-0.4, -0.2) is 30.5 Å². The Labute approximate surface area is 227 Å². The minimum Gasteiger partial charge on any atom is -0.496 e. The van der Waals surface area contributed by atoms with Crippen LogP contribution in [0.4, 0.5) is 0 Å². The van der Waals surface area contributed by atoms with Crippen molar-refractivity contribution >= 4 is 53.2 Å². The van der Waals surface area contributed by atoms with Crippen LogP contribution < -0.4 is 16.0 Å².